The summed E-state index contributed by atoms with van der Waals surface area (Å²) in [6.45, 7) is 3.15. The maximum atomic E-state index is 12.6. The van der Waals surface area contributed by atoms with Gasteiger partial charge >= 0.3 is 0 Å². The SMILES string of the molecule is C[C@H]1CN(c2nccn3cnnc23)C[C@H]1C(=O)NNC(=O)Cc1ccc(Cl)cc1. The molecular formula is C19H20ClN7O2. The second kappa shape index (κ2) is 8.04. The number of halogens is 1. The zero-order valence-electron chi connectivity index (χ0n) is 15.7. The van der Waals surface area contributed by atoms with Crippen molar-refractivity contribution < 1.29 is 9.59 Å². The van der Waals surface area contributed by atoms with Crippen molar-refractivity contribution in [1.29, 1.82) is 0 Å². The lowest BCUT2D eigenvalue weighted by molar-refractivity contribution is -0.131. The van der Waals surface area contributed by atoms with Crippen LogP contribution in [0.25, 0.3) is 5.65 Å². The lowest BCUT2D eigenvalue weighted by atomic mass is 9.98. The third-order valence-electron chi connectivity index (χ3n) is 5.05. The monoisotopic (exact) mass is 413 g/mol. The number of rotatable bonds is 4. The van der Waals surface area contributed by atoms with Crippen molar-refractivity contribution in [2.75, 3.05) is 18.0 Å². The Morgan fingerprint density at radius 1 is 1.21 bits per heavy atom. The number of hydrazine groups is 1. The minimum absolute atomic E-state index is 0.0909. The molecule has 4 rings (SSSR count). The first-order valence-corrected chi connectivity index (χ1v) is 9.61. The molecule has 1 fully saturated rings. The first-order valence-electron chi connectivity index (χ1n) is 9.23. The summed E-state index contributed by atoms with van der Waals surface area (Å²) in [5.74, 6) is -0.0150. The molecule has 10 heteroatoms. The molecule has 2 amide bonds. The predicted octanol–water partition coefficient (Wildman–Crippen LogP) is 1.24. The van der Waals surface area contributed by atoms with E-state index in [0.29, 0.717) is 29.6 Å². The van der Waals surface area contributed by atoms with Crippen LogP contribution >= 0.6 is 11.6 Å². The van der Waals surface area contributed by atoms with E-state index >= 15 is 0 Å². The molecule has 0 saturated carbocycles. The highest BCUT2D eigenvalue weighted by Crippen LogP contribution is 2.28. The molecule has 3 heterocycles. The van der Waals surface area contributed by atoms with Crippen LogP contribution in [-0.4, -0.2) is 44.5 Å². The molecule has 2 N–H and O–H groups in total. The second-order valence-corrected chi connectivity index (χ2v) is 7.58. The fraction of sp³-hybridized carbons (Fsp3) is 0.316. The highest BCUT2D eigenvalue weighted by molar-refractivity contribution is 6.30. The van der Waals surface area contributed by atoms with E-state index in [1.165, 1.54) is 0 Å². The smallest absolute Gasteiger partial charge is 0.243 e. The number of hydrogen-bond acceptors (Lipinski definition) is 6. The molecule has 9 nitrogen and oxygen atoms in total. The van der Waals surface area contributed by atoms with Gasteiger partial charge in [0, 0.05) is 30.5 Å². The van der Waals surface area contributed by atoms with E-state index in [1.54, 1.807) is 47.4 Å². The van der Waals surface area contributed by atoms with Gasteiger partial charge in [0.25, 0.3) is 0 Å². The van der Waals surface area contributed by atoms with Gasteiger partial charge in [0.1, 0.15) is 6.33 Å². The summed E-state index contributed by atoms with van der Waals surface area (Å²) >= 11 is 5.84. The van der Waals surface area contributed by atoms with Crippen molar-refractivity contribution in [2.45, 2.75) is 13.3 Å². The van der Waals surface area contributed by atoms with Crippen molar-refractivity contribution in [2.24, 2.45) is 11.8 Å². The Kier molecular flexibility index (Phi) is 5.30. The third-order valence-corrected chi connectivity index (χ3v) is 5.30. The zero-order valence-corrected chi connectivity index (χ0v) is 16.5. The van der Waals surface area contributed by atoms with Crippen LogP contribution in [0.15, 0.2) is 43.0 Å². The van der Waals surface area contributed by atoms with E-state index < -0.39 is 0 Å². The van der Waals surface area contributed by atoms with E-state index in [9.17, 15) is 9.59 Å². The van der Waals surface area contributed by atoms with Gasteiger partial charge in [0.2, 0.25) is 17.5 Å². The maximum absolute atomic E-state index is 12.6. The van der Waals surface area contributed by atoms with Crippen molar-refractivity contribution in [3.8, 4) is 0 Å². The van der Waals surface area contributed by atoms with Crippen LogP contribution in [0, 0.1) is 11.8 Å². The van der Waals surface area contributed by atoms with Gasteiger partial charge in [-0.15, -0.1) is 10.2 Å². The Labute approximate surface area is 172 Å². The van der Waals surface area contributed by atoms with Gasteiger partial charge in [-0.1, -0.05) is 30.7 Å². The molecule has 1 aliphatic rings. The van der Waals surface area contributed by atoms with Crippen molar-refractivity contribution in [1.82, 2.24) is 30.4 Å². The van der Waals surface area contributed by atoms with Gasteiger partial charge in [-0.05, 0) is 23.6 Å². The number of carbonyl (C=O) groups is 2. The summed E-state index contributed by atoms with van der Waals surface area (Å²) in [6, 6.07) is 7.00. The molecule has 1 aromatic carbocycles. The average molecular weight is 414 g/mol. The minimum Gasteiger partial charge on any atom is -0.352 e. The Hall–Kier alpha value is -3.20. The molecule has 3 aromatic rings. The standard InChI is InChI=1S/C19H20ClN7O2/c1-12-9-27(17-18-24-22-11-26(18)7-6-21-17)10-15(12)19(29)25-23-16(28)8-13-2-4-14(20)5-3-13/h2-7,11-12,15H,8-10H2,1H3,(H,23,28)(H,25,29)/t12-,15+/m0/s1. The topological polar surface area (TPSA) is 105 Å². The molecule has 0 spiro atoms. The largest absolute Gasteiger partial charge is 0.352 e. The molecular weight excluding hydrogens is 394 g/mol. The second-order valence-electron chi connectivity index (χ2n) is 7.14. The fourth-order valence-corrected chi connectivity index (χ4v) is 3.63. The maximum Gasteiger partial charge on any atom is 0.243 e. The Bertz CT molecular complexity index is 1040. The Morgan fingerprint density at radius 2 is 2.00 bits per heavy atom. The first kappa shape index (κ1) is 19.1. The quantitative estimate of drug-likeness (QED) is 0.623. The number of nitrogens with one attached hydrogen (secondary N) is 2. The summed E-state index contributed by atoms with van der Waals surface area (Å²) in [6.07, 6.45) is 5.22. The van der Waals surface area contributed by atoms with Crippen molar-refractivity contribution in [3.63, 3.8) is 0 Å². The summed E-state index contributed by atoms with van der Waals surface area (Å²) < 4.78 is 1.79. The molecule has 29 heavy (non-hydrogen) atoms. The van der Waals surface area contributed by atoms with Crippen LogP contribution in [0.2, 0.25) is 5.02 Å². The fourth-order valence-electron chi connectivity index (χ4n) is 3.51. The number of aromatic nitrogens is 4. The molecule has 1 saturated heterocycles. The van der Waals surface area contributed by atoms with E-state index in [-0.39, 0.29) is 30.1 Å². The molecule has 1 aliphatic heterocycles. The molecule has 2 aromatic heterocycles. The van der Waals surface area contributed by atoms with E-state index in [4.69, 9.17) is 11.6 Å². The van der Waals surface area contributed by atoms with Gasteiger partial charge in [0.15, 0.2) is 5.82 Å². The molecule has 0 bridgehead atoms. The summed E-state index contributed by atoms with van der Waals surface area (Å²) in [4.78, 5) is 31.2. The molecule has 2 atom stereocenters. The van der Waals surface area contributed by atoms with Gasteiger partial charge in [-0.2, -0.15) is 0 Å². The summed E-state index contributed by atoms with van der Waals surface area (Å²) in [5.41, 5.74) is 6.50. The number of fused-ring (bicyclic) bond motifs is 1. The number of carbonyl (C=O) groups excluding carboxylic acids is 2. The number of nitrogens with zero attached hydrogens (tertiary/aromatic N) is 5. The number of benzene rings is 1. The number of amides is 2. The van der Waals surface area contributed by atoms with Crippen LogP contribution in [0.4, 0.5) is 5.82 Å². The van der Waals surface area contributed by atoms with Gasteiger partial charge in [0.05, 0.1) is 12.3 Å². The van der Waals surface area contributed by atoms with Gasteiger partial charge in [-0.25, -0.2) is 4.98 Å². The summed E-state index contributed by atoms with van der Waals surface area (Å²) in [7, 11) is 0. The van der Waals surface area contributed by atoms with Gasteiger partial charge in [-0.3, -0.25) is 24.8 Å². The van der Waals surface area contributed by atoms with Crippen LogP contribution in [-0.2, 0) is 16.0 Å². The average Bonchev–Trinajstić information content (AvgIpc) is 3.34. The number of anilines is 1. The lowest BCUT2D eigenvalue weighted by Gasteiger charge is -2.17. The van der Waals surface area contributed by atoms with Gasteiger partial charge < -0.3 is 4.90 Å². The van der Waals surface area contributed by atoms with Crippen LogP contribution in [0.5, 0.6) is 0 Å². The molecule has 150 valence electrons. The van der Waals surface area contributed by atoms with Crippen LogP contribution < -0.4 is 15.8 Å². The number of hydrogen-bond donors (Lipinski definition) is 2. The molecule has 0 radical (unpaired) electrons. The van der Waals surface area contributed by atoms with Crippen molar-refractivity contribution >= 4 is 34.9 Å². The molecule has 0 aliphatic carbocycles. The Morgan fingerprint density at radius 3 is 2.79 bits per heavy atom. The lowest BCUT2D eigenvalue weighted by Crippen LogP contribution is -2.46. The normalized spacial score (nSPS) is 18.8. The highest BCUT2D eigenvalue weighted by atomic mass is 35.5. The summed E-state index contributed by atoms with van der Waals surface area (Å²) in [5, 5.41) is 8.62. The first-order chi connectivity index (χ1) is 14.0. The van der Waals surface area contributed by atoms with Crippen LogP contribution in [0.3, 0.4) is 0 Å². The van der Waals surface area contributed by atoms with Crippen LogP contribution in [0.1, 0.15) is 12.5 Å². The van der Waals surface area contributed by atoms with E-state index in [2.05, 4.69) is 26.0 Å². The van der Waals surface area contributed by atoms with E-state index in [0.717, 1.165) is 5.56 Å². The highest BCUT2D eigenvalue weighted by Gasteiger charge is 2.36. The predicted molar refractivity (Wildman–Crippen MR) is 107 cm³/mol. The third kappa shape index (κ3) is 4.14. The Balaban J connectivity index is 1.35. The zero-order chi connectivity index (χ0) is 20.4. The molecule has 0 unspecified atom stereocenters. The van der Waals surface area contributed by atoms with Crippen molar-refractivity contribution in [3.05, 3.63) is 53.6 Å². The minimum atomic E-state index is -0.293. The van der Waals surface area contributed by atoms with E-state index in [1.807, 2.05) is 11.8 Å².